The average molecular weight is 227 g/mol. The third-order valence-corrected chi connectivity index (χ3v) is 2.32. The van der Waals surface area contributed by atoms with E-state index in [-0.39, 0.29) is 24.1 Å². The van der Waals surface area contributed by atoms with Crippen molar-refractivity contribution in [3.63, 3.8) is 0 Å². The van der Waals surface area contributed by atoms with Crippen molar-refractivity contribution in [2.24, 2.45) is 0 Å². The molecule has 0 N–H and O–H groups in total. The minimum absolute atomic E-state index is 0. The summed E-state index contributed by atoms with van der Waals surface area (Å²) in [5.41, 5.74) is 1.05. The smallest absolute Gasteiger partial charge is 0.253 e. The third-order valence-electron chi connectivity index (χ3n) is 2.32. The molecule has 0 aromatic carbocycles. The lowest BCUT2D eigenvalue weighted by Crippen LogP contribution is -2.18. The summed E-state index contributed by atoms with van der Waals surface area (Å²) in [5.74, 6) is 0.421. The predicted octanol–water partition coefficient (Wildman–Crippen LogP) is 1.23. The normalized spacial score (nSPS) is 17.3. The van der Waals surface area contributed by atoms with Crippen molar-refractivity contribution >= 4 is 12.4 Å². The number of aromatic nitrogens is 1. The second kappa shape index (κ2) is 3.95. The van der Waals surface area contributed by atoms with Gasteiger partial charge in [-0.2, -0.15) is 5.26 Å². The molecule has 1 aliphatic rings. The second-order valence-corrected chi connectivity index (χ2v) is 3.50. The summed E-state index contributed by atoms with van der Waals surface area (Å²) in [6.45, 7) is 4.15. The van der Waals surface area contributed by atoms with Crippen LogP contribution in [0.1, 0.15) is 18.1 Å². The predicted molar refractivity (Wildman–Crippen MR) is 57.5 cm³/mol. The van der Waals surface area contributed by atoms with Crippen LogP contribution in [0, 0.1) is 18.3 Å². The summed E-state index contributed by atoms with van der Waals surface area (Å²) in [4.78, 5) is 11.5. The summed E-state index contributed by atoms with van der Waals surface area (Å²) in [5, 5.41) is 8.91. The number of fused-ring (bicyclic) bond motifs is 1. The van der Waals surface area contributed by atoms with Crippen LogP contribution in [0.4, 0.5) is 0 Å². The first-order valence-corrected chi connectivity index (χ1v) is 4.44. The molecule has 1 aromatic heterocycles. The van der Waals surface area contributed by atoms with E-state index in [1.165, 1.54) is 10.6 Å². The highest BCUT2D eigenvalue weighted by Crippen LogP contribution is 2.25. The van der Waals surface area contributed by atoms with Gasteiger partial charge in [-0.1, -0.05) is 0 Å². The van der Waals surface area contributed by atoms with Crippen molar-refractivity contribution in [1.82, 2.24) is 4.57 Å². The average Bonchev–Trinajstić information content (AvgIpc) is 2.48. The van der Waals surface area contributed by atoms with E-state index in [1.807, 2.05) is 6.92 Å². The molecule has 0 fully saturated rings. The lowest BCUT2D eigenvalue weighted by molar-refractivity contribution is 0.253. The number of rotatable bonds is 0. The summed E-state index contributed by atoms with van der Waals surface area (Å²) in [6, 6.07) is 3.53. The van der Waals surface area contributed by atoms with Crippen LogP contribution in [0.15, 0.2) is 10.9 Å². The van der Waals surface area contributed by atoms with E-state index >= 15 is 0 Å². The van der Waals surface area contributed by atoms with Crippen LogP contribution in [0.5, 0.6) is 5.88 Å². The van der Waals surface area contributed by atoms with Crippen LogP contribution < -0.4 is 10.3 Å². The van der Waals surface area contributed by atoms with Gasteiger partial charge in [0.25, 0.3) is 5.56 Å². The third kappa shape index (κ3) is 1.71. The fourth-order valence-electron chi connectivity index (χ4n) is 1.66. The van der Waals surface area contributed by atoms with Gasteiger partial charge in [0.2, 0.25) is 5.88 Å². The van der Waals surface area contributed by atoms with Gasteiger partial charge in [-0.15, -0.1) is 12.4 Å². The molecule has 0 spiro atoms. The zero-order valence-electron chi connectivity index (χ0n) is 8.48. The molecule has 0 saturated heterocycles. The van der Waals surface area contributed by atoms with Crippen LogP contribution in [-0.4, -0.2) is 10.7 Å². The maximum absolute atomic E-state index is 11.5. The van der Waals surface area contributed by atoms with Crippen molar-refractivity contribution in [3.8, 4) is 11.9 Å². The molecule has 15 heavy (non-hydrogen) atoms. The summed E-state index contributed by atoms with van der Waals surface area (Å²) in [6.07, 6.45) is -0.0309. The number of nitrogens with zero attached hydrogens (tertiary/aromatic N) is 2. The van der Waals surface area contributed by atoms with Gasteiger partial charge < -0.3 is 4.74 Å². The van der Waals surface area contributed by atoms with Gasteiger partial charge in [0.15, 0.2) is 0 Å². The highest BCUT2D eigenvalue weighted by molar-refractivity contribution is 5.85. The minimum Gasteiger partial charge on any atom is -0.473 e. The Balaban J connectivity index is 0.00000112. The zero-order valence-corrected chi connectivity index (χ0v) is 9.30. The Bertz CT molecular complexity index is 487. The topological polar surface area (TPSA) is 55.0 Å². The van der Waals surface area contributed by atoms with Crippen LogP contribution in [0.25, 0.3) is 0 Å². The molecule has 1 atom stereocenters. The summed E-state index contributed by atoms with van der Waals surface area (Å²) >= 11 is 0. The van der Waals surface area contributed by atoms with E-state index in [0.717, 1.165) is 0 Å². The number of ether oxygens (including phenoxy) is 1. The van der Waals surface area contributed by atoms with Crippen molar-refractivity contribution < 1.29 is 4.74 Å². The molecule has 0 amide bonds. The highest BCUT2D eigenvalue weighted by Gasteiger charge is 2.24. The van der Waals surface area contributed by atoms with Crippen molar-refractivity contribution in [2.45, 2.75) is 26.5 Å². The fourth-order valence-corrected chi connectivity index (χ4v) is 1.66. The largest absolute Gasteiger partial charge is 0.473 e. The van der Waals surface area contributed by atoms with Crippen LogP contribution in [-0.2, 0) is 6.54 Å². The molecule has 1 aliphatic heterocycles. The van der Waals surface area contributed by atoms with E-state index in [1.54, 1.807) is 6.92 Å². The fraction of sp³-hybridized carbons (Fsp3) is 0.400. The van der Waals surface area contributed by atoms with Gasteiger partial charge in [0, 0.05) is 6.07 Å². The molecule has 2 heterocycles. The van der Waals surface area contributed by atoms with E-state index in [0.29, 0.717) is 23.6 Å². The number of nitriles is 1. The molecule has 4 nitrogen and oxygen atoms in total. The number of aryl methyl sites for hydroxylation is 1. The molecule has 1 unspecified atom stereocenters. The Labute approximate surface area is 93.5 Å². The molecule has 80 valence electrons. The first-order chi connectivity index (χ1) is 6.63. The number of halogens is 1. The molecule has 5 heteroatoms. The quantitative estimate of drug-likeness (QED) is 0.669. The van der Waals surface area contributed by atoms with Gasteiger partial charge in [-0.3, -0.25) is 9.36 Å². The number of hydrogen-bond donors (Lipinski definition) is 0. The second-order valence-electron chi connectivity index (χ2n) is 3.50. The molecule has 0 aliphatic carbocycles. The number of pyridine rings is 1. The van der Waals surface area contributed by atoms with Crippen molar-refractivity contribution in [2.75, 3.05) is 0 Å². The van der Waals surface area contributed by atoms with E-state index in [2.05, 4.69) is 6.07 Å². The maximum Gasteiger partial charge on any atom is 0.253 e. The Morgan fingerprint density at radius 3 is 2.93 bits per heavy atom. The molecule has 1 aromatic rings. The Hall–Kier alpha value is -1.47. The monoisotopic (exact) mass is 226 g/mol. The van der Waals surface area contributed by atoms with Gasteiger partial charge in [-0.05, 0) is 19.4 Å². The lowest BCUT2D eigenvalue weighted by Gasteiger charge is -2.05. The van der Waals surface area contributed by atoms with E-state index in [9.17, 15) is 4.79 Å². The molecule has 0 saturated carbocycles. The molecular weight excluding hydrogens is 216 g/mol. The first kappa shape index (κ1) is 11.6. The maximum atomic E-state index is 11.5. The molecule has 0 bridgehead atoms. The number of hydrogen-bond acceptors (Lipinski definition) is 3. The lowest BCUT2D eigenvalue weighted by atomic mass is 10.2. The van der Waals surface area contributed by atoms with Gasteiger partial charge >= 0.3 is 0 Å². The molecule has 2 rings (SSSR count). The zero-order chi connectivity index (χ0) is 10.3. The van der Waals surface area contributed by atoms with E-state index in [4.69, 9.17) is 10.00 Å². The molecular formula is C10H11ClN2O2. The van der Waals surface area contributed by atoms with Crippen molar-refractivity contribution in [3.05, 3.63) is 27.5 Å². The van der Waals surface area contributed by atoms with Gasteiger partial charge in [-0.25, -0.2) is 0 Å². The van der Waals surface area contributed by atoms with Gasteiger partial charge in [0.05, 0.1) is 6.54 Å². The van der Waals surface area contributed by atoms with Crippen LogP contribution in [0.2, 0.25) is 0 Å². The Morgan fingerprint density at radius 2 is 2.33 bits per heavy atom. The highest BCUT2D eigenvalue weighted by atomic mass is 35.5. The first-order valence-electron chi connectivity index (χ1n) is 4.44. The standard InChI is InChI=1S/C10H10N2O2.ClH/c1-6-3-9(13)12-5-7(2)14-10(12)8(6)4-11;/h3,7H,5H2,1-2H3;1H. The summed E-state index contributed by atoms with van der Waals surface area (Å²) < 4.78 is 6.94. The van der Waals surface area contributed by atoms with Gasteiger partial charge in [0.1, 0.15) is 17.7 Å². The minimum atomic E-state index is -0.0964. The summed E-state index contributed by atoms with van der Waals surface area (Å²) in [7, 11) is 0. The molecule has 0 radical (unpaired) electrons. The van der Waals surface area contributed by atoms with Crippen LogP contribution in [0.3, 0.4) is 0 Å². The van der Waals surface area contributed by atoms with Crippen molar-refractivity contribution in [1.29, 1.82) is 5.26 Å². The SMILES string of the molecule is Cc1cc(=O)n2c(c1C#N)OC(C)C2.Cl. The van der Waals surface area contributed by atoms with Crippen LogP contribution >= 0.6 is 12.4 Å². The Morgan fingerprint density at radius 1 is 1.67 bits per heavy atom. The van der Waals surface area contributed by atoms with E-state index < -0.39 is 0 Å². The Kier molecular flexibility index (Phi) is 3.06.